The van der Waals surface area contributed by atoms with Crippen molar-refractivity contribution in [2.45, 2.75) is 64.2 Å². The van der Waals surface area contributed by atoms with Gasteiger partial charge in [-0.3, -0.25) is 0 Å². The Balaban J connectivity index is 3.35. The van der Waals surface area contributed by atoms with E-state index in [1.54, 1.807) is 0 Å². The Kier molecular flexibility index (Phi) is 4.78. The Morgan fingerprint density at radius 3 is 1.00 bits per heavy atom. The summed E-state index contributed by atoms with van der Waals surface area (Å²) in [4.78, 5) is 0. The van der Waals surface area contributed by atoms with E-state index in [-0.39, 0.29) is 0 Å². The van der Waals surface area contributed by atoms with Gasteiger partial charge in [-0.25, -0.2) is 0 Å². The van der Waals surface area contributed by atoms with E-state index in [2.05, 4.69) is 39.3 Å². The van der Waals surface area contributed by atoms with Gasteiger partial charge in [0.25, 0.3) is 0 Å². The van der Waals surface area contributed by atoms with Crippen molar-refractivity contribution in [1.29, 1.82) is 0 Å². The van der Waals surface area contributed by atoms with Gasteiger partial charge in [0.1, 0.15) is 0 Å². The second-order valence-electron chi connectivity index (χ2n) is 6.33. The van der Waals surface area contributed by atoms with Crippen molar-refractivity contribution in [2.24, 2.45) is 0 Å². The summed E-state index contributed by atoms with van der Waals surface area (Å²) >= 11 is 0. The Hall–Kier alpha value is 0.434. The molecule has 0 spiro atoms. The third kappa shape index (κ3) is 10.4. The zero-order valence-corrected chi connectivity index (χ0v) is 11.8. The molecule has 0 rings (SSSR count). The van der Waals surface area contributed by atoms with Crippen molar-refractivity contribution in [3.8, 4) is 0 Å². The molecule has 0 atom stereocenters. The molecule has 0 aromatic carbocycles. The highest BCUT2D eigenvalue weighted by atomic mass is 28.3. The largest absolute Gasteiger partial charge is 0.0695 e. The van der Waals surface area contributed by atoms with Gasteiger partial charge in [0, 0.05) is 16.1 Å². The molecule has 0 amide bonds. The Labute approximate surface area is 80.8 Å². The van der Waals surface area contributed by atoms with E-state index in [0.29, 0.717) is 0 Å². The van der Waals surface area contributed by atoms with E-state index in [1.165, 1.54) is 24.9 Å². The third-order valence-electron chi connectivity index (χ3n) is 2.10. The van der Waals surface area contributed by atoms with E-state index in [0.717, 1.165) is 0 Å². The minimum atomic E-state index is -0.738. The molecule has 0 saturated heterocycles. The lowest BCUT2D eigenvalue weighted by molar-refractivity contribution is 0.853. The summed E-state index contributed by atoms with van der Waals surface area (Å²) in [5.41, 5.74) is 0. The fourth-order valence-electron chi connectivity index (χ4n) is 1.31. The highest BCUT2D eigenvalue weighted by Gasteiger charge is 2.15. The highest BCUT2D eigenvalue weighted by molar-refractivity contribution is 6.76. The molecule has 2 heteroatoms. The number of unbranched alkanes of at least 4 members (excludes halogenated alkanes) is 1. The van der Waals surface area contributed by atoms with Crippen LogP contribution in [0.4, 0.5) is 0 Å². The molecule has 0 aliphatic rings. The van der Waals surface area contributed by atoms with Crippen molar-refractivity contribution in [3.05, 3.63) is 0 Å². The zero-order chi connectivity index (χ0) is 9.83. The van der Waals surface area contributed by atoms with Gasteiger partial charge in [-0.05, 0) is 0 Å². The van der Waals surface area contributed by atoms with Crippen molar-refractivity contribution < 1.29 is 0 Å². The van der Waals surface area contributed by atoms with E-state index in [9.17, 15) is 0 Å². The van der Waals surface area contributed by atoms with E-state index in [4.69, 9.17) is 0 Å². The van der Waals surface area contributed by atoms with Gasteiger partial charge in [-0.1, -0.05) is 64.2 Å². The molecule has 0 aromatic heterocycles. The Morgan fingerprint density at radius 1 is 0.583 bits per heavy atom. The fraction of sp³-hybridized carbons (Fsp3) is 1.00. The van der Waals surface area contributed by atoms with Gasteiger partial charge in [-0.15, -0.1) is 0 Å². The summed E-state index contributed by atoms with van der Waals surface area (Å²) in [6.07, 6.45) is 2.97. The molecule has 0 aliphatic heterocycles. The van der Waals surface area contributed by atoms with Gasteiger partial charge in [0.15, 0.2) is 0 Å². The summed E-state index contributed by atoms with van der Waals surface area (Å²) in [7, 11) is -1.48. The lowest BCUT2D eigenvalue weighted by atomic mass is 10.4. The molecule has 0 N–H and O–H groups in total. The lowest BCUT2D eigenvalue weighted by Crippen LogP contribution is -2.21. The normalized spacial score (nSPS) is 13.5. The zero-order valence-electron chi connectivity index (χ0n) is 9.83. The molecular formula is C10H26Si2. The first kappa shape index (κ1) is 12.4. The van der Waals surface area contributed by atoms with Crippen LogP contribution in [0.1, 0.15) is 12.8 Å². The molecule has 0 aromatic rings. The van der Waals surface area contributed by atoms with Crippen LogP contribution in [0, 0.1) is 0 Å². The van der Waals surface area contributed by atoms with Crippen LogP contribution in [-0.4, -0.2) is 16.1 Å². The molecule has 74 valence electrons. The van der Waals surface area contributed by atoms with Crippen LogP contribution >= 0.6 is 0 Å². The lowest BCUT2D eigenvalue weighted by Gasteiger charge is -2.18. The maximum Gasteiger partial charge on any atom is 0.0442 e. The molecule has 0 saturated carbocycles. The fourth-order valence-corrected chi connectivity index (χ4v) is 3.93. The second-order valence-corrected chi connectivity index (χ2v) is 17.6. The molecule has 0 heterocycles. The Bertz CT molecular complexity index is 101. The van der Waals surface area contributed by atoms with Gasteiger partial charge in [0.05, 0.1) is 0 Å². The first-order valence-electron chi connectivity index (χ1n) is 5.21. The van der Waals surface area contributed by atoms with Crippen LogP contribution in [-0.2, 0) is 0 Å². The predicted octanol–water partition coefficient (Wildman–Crippen LogP) is 4.44. The summed E-state index contributed by atoms with van der Waals surface area (Å²) in [6, 6.07) is 3.05. The minimum absolute atomic E-state index is 0.738. The maximum absolute atomic E-state index is 2.47. The standard InChI is InChI=1S/C10H26Si2/c1-11(2,3)9-7-8-10-12(4,5)6/h7-10H2,1-6H3. The predicted molar refractivity (Wildman–Crippen MR) is 65.5 cm³/mol. The molecule has 0 fully saturated rings. The van der Waals surface area contributed by atoms with Crippen LogP contribution in [0.2, 0.25) is 51.4 Å². The number of hydrogen-bond donors (Lipinski definition) is 0. The topological polar surface area (TPSA) is 0 Å². The smallest absolute Gasteiger partial charge is 0.0442 e. The third-order valence-corrected chi connectivity index (χ3v) is 5.81. The van der Waals surface area contributed by atoms with Crippen molar-refractivity contribution in [3.63, 3.8) is 0 Å². The average molecular weight is 202 g/mol. The van der Waals surface area contributed by atoms with Crippen LogP contribution in [0.15, 0.2) is 0 Å². The highest BCUT2D eigenvalue weighted by Crippen LogP contribution is 2.18. The van der Waals surface area contributed by atoms with Crippen molar-refractivity contribution in [1.82, 2.24) is 0 Å². The molecule has 0 nitrogen and oxygen atoms in total. The minimum Gasteiger partial charge on any atom is -0.0695 e. The first-order chi connectivity index (χ1) is 5.21. The molecule has 0 aliphatic carbocycles. The van der Waals surface area contributed by atoms with Crippen molar-refractivity contribution >= 4 is 16.1 Å². The summed E-state index contributed by atoms with van der Waals surface area (Å²) in [6.45, 7) is 14.8. The monoisotopic (exact) mass is 202 g/mol. The van der Waals surface area contributed by atoms with Gasteiger partial charge >= 0.3 is 0 Å². The summed E-state index contributed by atoms with van der Waals surface area (Å²) < 4.78 is 0. The van der Waals surface area contributed by atoms with Gasteiger partial charge in [0.2, 0.25) is 0 Å². The molecule has 0 radical (unpaired) electrons. The molecular weight excluding hydrogens is 176 g/mol. The average Bonchev–Trinajstić information content (AvgIpc) is 1.76. The van der Waals surface area contributed by atoms with Crippen LogP contribution in [0.25, 0.3) is 0 Å². The van der Waals surface area contributed by atoms with Crippen LogP contribution in [0.3, 0.4) is 0 Å². The van der Waals surface area contributed by atoms with E-state index < -0.39 is 16.1 Å². The molecule has 12 heavy (non-hydrogen) atoms. The van der Waals surface area contributed by atoms with Gasteiger partial charge in [-0.2, -0.15) is 0 Å². The summed E-state index contributed by atoms with van der Waals surface area (Å²) in [5.74, 6) is 0. The van der Waals surface area contributed by atoms with Gasteiger partial charge < -0.3 is 0 Å². The van der Waals surface area contributed by atoms with Crippen molar-refractivity contribution in [2.75, 3.05) is 0 Å². The molecule has 0 unspecified atom stereocenters. The number of hydrogen-bond acceptors (Lipinski definition) is 0. The molecule has 0 bridgehead atoms. The maximum atomic E-state index is 2.47. The number of rotatable bonds is 5. The van der Waals surface area contributed by atoms with E-state index >= 15 is 0 Å². The SMILES string of the molecule is C[Si](C)(C)CCCC[Si](C)(C)C. The van der Waals surface area contributed by atoms with Crippen LogP contribution < -0.4 is 0 Å². The second kappa shape index (κ2) is 4.61. The quantitative estimate of drug-likeness (QED) is 0.457. The Morgan fingerprint density at radius 2 is 0.833 bits per heavy atom. The van der Waals surface area contributed by atoms with Crippen LogP contribution in [0.5, 0.6) is 0 Å². The first-order valence-corrected chi connectivity index (χ1v) is 12.6. The van der Waals surface area contributed by atoms with E-state index in [1.807, 2.05) is 0 Å². The summed E-state index contributed by atoms with van der Waals surface area (Å²) in [5, 5.41) is 0.